The summed E-state index contributed by atoms with van der Waals surface area (Å²) in [6.07, 6.45) is 0. The molecule has 100 valence electrons. The molecule has 0 bridgehead atoms. The minimum Gasteiger partial charge on any atom is -0.480 e. The second-order valence-corrected chi connectivity index (χ2v) is 5.58. The van der Waals surface area contributed by atoms with E-state index in [0.717, 1.165) is 16.4 Å². The molecule has 2 rings (SSSR count). The first-order valence-corrected chi connectivity index (χ1v) is 6.93. The first-order valence-electron chi connectivity index (χ1n) is 5.68. The molecule has 1 aromatic heterocycles. The highest BCUT2D eigenvalue weighted by Gasteiger charge is 2.12. The minimum absolute atomic E-state index is 0.0712. The van der Waals surface area contributed by atoms with Gasteiger partial charge in [0, 0.05) is 16.1 Å². The van der Waals surface area contributed by atoms with Gasteiger partial charge in [0.25, 0.3) is 0 Å². The second kappa shape index (κ2) is 6.04. The number of aliphatic carboxylic acids is 1. The fourth-order valence-corrected chi connectivity index (χ4v) is 2.46. The van der Waals surface area contributed by atoms with Gasteiger partial charge in [-0.3, -0.25) is 4.79 Å². The first-order chi connectivity index (χ1) is 9.04. The van der Waals surface area contributed by atoms with Gasteiger partial charge in [-0.2, -0.15) is 0 Å². The summed E-state index contributed by atoms with van der Waals surface area (Å²) >= 11 is 7.40. The third kappa shape index (κ3) is 3.94. The van der Waals surface area contributed by atoms with Gasteiger partial charge in [-0.05, 0) is 31.2 Å². The van der Waals surface area contributed by atoms with Crippen molar-refractivity contribution in [3.63, 3.8) is 0 Å². The van der Waals surface area contributed by atoms with Crippen LogP contribution in [0.1, 0.15) is 10.7 Å². The lowest BCUT2D eigenvalue weighted by Gasteiger charge is -2.21. The van der Waals surface area contributed by atoms with Crippen LogP contribution in [0, 0.1) is 6.92 Å². The van der Waals surface area contributed by atoms with Gasteiger partial charge >= 0.3 is 5.97 Å². The highest BCUT2D eigenvalue weighted by atomic mass is 35.5. The molecule has 0 aliphatic rings. The molecule has 0 fully saturated rings. The molecule has 0 atom stereocenters. The van der Waals surface area contributed by atoms with E-state index in [-0.39, 0.29) is 6.54 Å². The van der Waals surface area contributed by atoms with Crippen molar-refractivity contribution in [2.45, 2.75) is 13.5 Å². The molecule has 1 heterocycles. The fraction of sp³-hybridized carbons (Fsp3) is 0.231. The van der Waals surface area contributed by atoms with E-state index < -0.39 is 5.97 Å². The molecule has 1 aromatic carbocycles. The van der Waals surface area contributed by atoms with E-state index in [1.54, 1.807) is 28.4 Å². The molecule has 0 radical (unpaired) electrons. The van der Waals surface area contributed by atoms with Gasteiger partial charge in [0.05, 0.1) is 17.2 Å². The SMILES string of the molecule is Cc1nc(CN(CC(=O)O)c2ccc(Cl)cc2)cs1. The van der Waals surface area contributed by atoms with Crippen LogP contribution in [0.5, 0.6) is 0 Å². The summed E-state index contributed by atoms with van der Waals surface area (Å²) in [6, 6.07) is 7.12. The molecule has 1 N–H and O–H groups in total. The van der Waals surface area contributed by atoms with Gasteiger partial charge in [-0.15, -0.1) is 11.3 Å². The molecule has 2 aromatic rings. The van der Waals surface area contributed by atoms with Crippen LogP contribution < -0.4 is 4.90 Å². The van der Waals surface area contributed by atoms with E-state index in [4.69, 9.17) is 16.7 Å². The average molecular weight is 297 g/mol. The molecule has 0 unspecified atom stereocenters. The van der Waals surface area contributed by atoms with Crippen molar-refractivity contribution in [3.05, 3.63) is 45.4 Å². The number of carbonyl (C=O) groups is 1. The van der Waals surface area contributed by atoms with Gasteiger partial charge in [0.2, 0.25) is 0 Å². The number of rotatable bonds is 5. The fourth-order valence-electron chi connectivity index (χ4n) is 1.73. The van der Waals surface area contributed by atoms with Crippen molar-refractivity contribution < 1.29 is 9.90 Å². The molecule has 0 saturated heterocycles. The molecule has 0 aliphatic heterocycles. The van der Waals surface area contributed by atoms with Crippen molar-refractivity contribution in [2.75, 3.05) is 11.4 Å². The lowest BCUT2D eigenvalue weighted by Crippen LogP contribution is -2.29. The molecular weight excluding hydrogens is 284 g/mol. The number of carboxylic acids is 1. The van der Waals surface area contributed by atoms with Gasteiger partial charge in [-0.25, -0.2) is 4.98 Å². The predicted molar refractivity (Wildman–Crippen MR) is 77.0 cm³/mol. The predicted octanol–water partition coefficient (Wildman–Crippen LogP) is 3.20. The Hall–Kier alpha value is -1.59. The number of hydrogen-bond donors (Lipinski definition) is 1. The highest BCUT2D eigenvalue weighted by Crippen LogP contribution is 2.20. The Kier molecular flexibility index (Phi) is 4.39. The topological polar surface area (TPSA) is 53.4 Å². The number of aryl methyl sites for hydroxylation is 1. The Balaban J connectivity index is 2.20. The molecular formula is C13H13ClN2O2S. The number of hydrogen-bond acceptors (Lipinski definition) is 4. The summed E-state index contributed by atoms with van der Waals surface area (Å²) in [5.74, 6) is -0.873. The van der Waals surface area contributed by atoms with Crippen LogP contribution >= 0.6 is 22.9 Å². The summed E-state index contributed by atoms with van der Waals surface area (Å²) in [7, 11) is 0. The van der Waals surface area contributed by atoms with Crippen LogP contribution in [-0.2, 0) is 11.3 Å². The Morgan fingerprint density at radius 2 is 2.11 bits per heavy atom. The molecule has 4 nitrogen and oxygen atoms in total. The van der Waals surface area contributed by atoms with Crippen molar-refractivity contribution in [1.29, 1.82) is 0 Å². The summed E-state index contributed by atoms with van der Waals surface area (Å²) in [4.78, 5) is 17.1. The third-order valence-corrected chi connectivity index (χ3v) is 3.61. The van der Waals surface area contributed by atoms with Crippen LogP contribution in [0.25, 0.3) is 0 Å². The Morgan fingerprint density at radius 1 is 1.42 bits per heavy atom. The smallest absolute Gasteiger partial charge is 0.323 e. The second-order valence-electron chi connectivity index (χ2n) is 4.08. The third-order valence-electron chi connectivity index (χ3n) is 2.54. The van der Waals surface area contributed by atoms with Gasteiger partial charge in [0.1, 0.15) is 6.54 Å². The summed E-state index contributed by atoms with van der Waals surface area (Å²) in [6.45, 7) is 2.33. The van der Waals surface area contributed by atoms with Crippen LogP contribution in [0.3, 0.4) is 0 Å². The highest BCUT2D eigenvalue weighted by molar-refractivity contribution is 7.09. The first kappa shape index (κ1) is 13.8. The van der Waals surface area contributed by atoms with Crippen molar-refractivity contribution in [2.24, 2.45) is 0 Å². The zero-order chi connectivity index (χ0) is 13.8. The van der Waals surface area contributed by atoms with Crippen LogP contribution in [0.15, 0.2) is 29.6 Å². The standard InChI is InChI=1S/C13H13ClN2O2S/c1-9-15-11(8-19-9)6-16(7-13(17)18)12-4-2-10(14)3-5-12/h2-5,8H,6-7H2,1H3,(H,17,18). The van der Waals surface area contributed by atoms with E-state index in [2.05, 4.69) is 4.98 Å². The maximum absolute atomic E-state index is 11.0. The summed E-state index contributed by atoms with van der Waals surface area (Å²) in [5, 5.41) is 12.5. The normalized spacial score (nSPS) is 10.4. The number of carboxylic acid groups (broad SMARTS) is 1. The molecule has 19 heavy (non-hydrogen) atoms. The quantitative estimate of drug-likeness (QED) is 0.920. The van der Waals surface area contributed by atoms with Crippen molar-refractivity contribution in [3.8, 4) is 0 Å². The maximum atomic E-state index is 11.0. The number of anilines is 1. The molecule has 0 saturated carbocycles. The number of halogens is 1. The molecule has 6 heteroatoms. The van der Waals surface area contributed by atoms with E-state index in [1.165, 1.54) is 0 Å². The lowest BCUT2D eigenvalue weighted by molar-refractivity contribution is -0.135. The molecule has 0 spiro atoms. The lowest BCUT2D eigenvalue weighted by atomic mass is 10.2. The summed E-state index contributed by atoms with van der Waals surface area (Å²) < 4.78 is 0. The zero-order valence-electron chi connectivity index (χ0n) is 10.3. The number of nitrogens with zero attached hydrogens (tertiary/aromatic N) is 2. The average Bonchev–Trinajstić information content (AvgIpc) is 2.74. The number of thiazole rings is 1. The van der Waals surface area contributed by atoms with Crippen molar-refractivity contribution >= 4 is 34.6 Å². The number of aromatic nitrogens is 1. The Morgan fingerprint density at radius 3 is 2.63 bits per heavy atom. The molecule has 0 aliphatic carbocycles. The van der Waals surface area contributed by atoms with Gasteiger partial charge in [-0.1, -0.05) is 11.6 Å². The van der Waals surface area contributed by atoms with E-state index in [0.29, 0.717) is 11.6 Å². The van der Waals surface area contributed by atoms with Crippen LogP contribution in [0.4, 0.5) is 5.69 Å². The minimum atomic E-state index is -0.873. The van der Waals surface area contributed by atoms with E-state index in [9.17, 15) is 4.79 Å². The van der Waals surface area contributed by atoms with E-state index >= 15 is 0 Å². The Bertz CT molecular complexity index is 568. The summed E-state index contributed by atoms with van der Waals surface area (Å²) in [5.41, 5.74) is 1.69. The van der Waals surface area contributed by atoms with Gasteiger partial charge in [0.15, 0.2) is 0 Å². The largest absolute Gasteiger partial charge is 0.480 e. The number of benzene rings is 1. The van der Waals surface area contributed by atoms with Crippen LogP contribution in [-0.4, -0.2) is 22.6 Å². The zero-order valence-corrected chi connectivity index (χ0v) is 11.9. The van der Waals surface area contributed by atoms with Gasteiger partial charge < -0.3 is 10.0 Å². The monoisotopic (exact) mass is 296 g/mol. The van der Waals surface area contributed by atoms with Crippen molar-refractivity contribution in [1.82, 2.24) is 4.98 Å². The molecule has 0 amide bonds. The van der Waals surface area contributed by atoms with E-state index in [1.807, 2.05) is 24.4 Å². The van der Waals surface area contributed by atoms with Crippen LogP contribution in [0.2, 0.25) is 5.02 Å². The Labute approximate surface area is 120 Å². The maximum Gasteiger partial charge on any atom is 0.323 e.